The van der Waals surface area contributed by atoms with Crippen LogP contribution in [0.5, 0.6) is 0 Å². The first-order valence-corrected chi connectivity index (χ1v) is 7.49. The van der Waals surface area contributed by atoms with Crippen LogP contribution in [-0.2, 0) is 9.59 Å². The van der Waals surface area contributed by atoms with Gasteiger partial charge in [-0.25, -0.2) is 9.59 Å². The Hall–Kier alpha value is -2.45. The second-order valence-corrected chi connectivity index (χ2v) is 5.44. The third-order valence-electron chi connectivity index (χ3n) is 3.19. The number of benzene rings is 2. The van der Waals surface area contributed by atoms with Crippen molar-refractivity contribution in [2.75, 3.05) is 0 Å². The van der Waals surface area contributed by atoms with E-state index in [1.165, 1.54) is 0 Å². The molecule has 0 heterocycles. The van der Waals surface area contributed by atoms with Gasteiger partial charge in [0.05, 0.1) is 6.04 Å². The highest BCUT2D eigenvalue weighted by Crippen LogP contribution is 2.20. The number of hydrogen-bond acceptors (Lipinski definition) is 5. The lowest BCUT2D eigenvalue weighted by Crippen LogP contribution is -2.39. The smallest absolute Gasteiger partial charge is 0.335 e. The average Bonchev–Trinajstić information content (AvgIpc) is 2.61. The monoisotopic (exact) mass is 367 g/mol. The number of nitrogens with two attached hydrogens (primary N) is 1. The number of aliphatic carboxylic acids is 2. The molecule has 0 aliphatic carbocycles. The highest BCUT2D eigenvalue weighted by Gasteiger charge is 2.29. The fraction of sp³-hybridized carbons (Fsp3) is 0.176. The van der Waals surface area contributed by atoms with Gasteiger partial charge in [0.15, 0.2) is 12.2 Å². The zero-order chi connectivity index (χ0) is 19.0. The highest BCUT2D eigenvalue weighted by atomic mass is 35.5. The number of aliphatic hydroxyl groups is 2. The van der Waals surface area contributed by atoms with E-state index in [2.05, 4.69) is 0 Å². The Kier molecular flexibility index (Phi) is 8.03. The molecule has 8 heteroatoms. The summed E-state index contributed by atoms with van der Waals surface area (Å²) in [6.45, 7) is 0. The molecular formula is C17H18ClNO6. The minimum absolute atomic E-state index is 0.0801. The Morgan fingerprint density at radius 3 is 1.60 bits per heavy atom. The van der Waals surface area contributed by atoms with Crippen molar-refractivity contribution in [3.63, 3.8) is 0 Å². The average molecular weight is 368 g/mol. The van der Waals surface area contributed by atoms with Gasteiger partial charge in [-0.15, -0.1) is 0 Å². The fourth-order valence-electron chi connectivity index (χ4n) is 1.79. The van der Waals surface area contributed by atoms with Gasteiger partial charge in [0, 0.05) is 5.02 Å². The normalized spacial score (nSPS) is 13.8. The maximum absolute atomic E-state index is 9.77. The molecule has 0 aliphatic heterocycles. The van der Waals surface area contributed by atoms with Gasteiger partial charge in [0.25, 0.3) is 0 Å². The maximum Gasteiger partial charge on any atom is 0.335 e. The van der Waals surface area contributed by atoms with E-state index in [-0.39, 0.29) is 6.04 Å². The van der Waals surface area contributed by atoms with Gasteiger partial charge in [-0.05, 0) is 23.3 Å². The lowest BCUT2D eigenvalue weighted by Gasteiger charge is -2.12. The summed E-state index contributed by atoms with van der Waals surface area (Å²) in [5.74, 6) is -3.54. The zero-order valence-electron chi connectivity index (χ0n) is 13.0. The second-order valence-electron chi connectivity index (χ2n) is 5.01. The lowest BCUT2D eigenvalue weighted by atomic mass is 10.00. The molecule has 3 atom stereocenters. The Morgan fingerprint density at radius 1 is 0.800 bits per heavy atom. The van der Waals surface area contributed by atoms with Crippen LogP contribution in [0.1, 0.15) is 17.2 Å². The van der Waals surface area contributed by atoms with Gasteiger partial charge >= 0.3 is 11.9 Å². The van der Waals surface area contributed by atoms with E-state index in [1.54, 1.807) is 0 Å². The first-order valence-electron chi connectivity index (χ1n) is 7.11. The van der Waals surface area contributed by atoms with E-state index in [0.29, 0.717) is 0 Å². The topological polar surface area (TPSA) is 141 Å². The Morgan fingerprint density at radius 2 is 1.20 bits per heavy atom. The van der Waals surface area contributed by atoms with E-state index in [0.717, 1.165) is 16.1 Å². The summed E-state index contributed by atoms with van der Waals surface area (Å²) in [5.41, 5.74) is 8.31. The third kappa shape index (κ3) is 6.52. The molecule has 0 unspecified atom stereocenters. The minimum Gasteiger partial charge on any atom is -0.479 e. The zero-order valence-corrected chi connectivity index (χ0v) is 13.7. The molecule has 6 N–H and O–H groups in total. The van der Waals surface area contributed by atoms with Crippen molar-refractivity contribution in [1.29, 1.82) is 0 Å². The maximum atomic E-state index is 9.77. The third-order valence-corrected chi connectivity index (χ3v) is 3.44. The molecule has 2 rings (SSSR count). The van der Waals surface area contributed by atoms with Gasteiger partial charge < -0.3 is 26.2 Å². The number of carboxylic acids is 2. The fourth-order valence-corrected chi connectivity index (χ4v) is 1.92. The van der Waals surface area contributed by atoms with Crippen molar-refractivity contribution in [2.45, 2.75) is 18.2 Å². The first kappa shape index (κ1) is 20.6. The van der Waals surface area contributed by atoms with Gasteiger partial charge in [-0.1, -0.05) is 54.1 Å². The predicted molar refractivity (Wildman–Crippen MR) is 91.2 cm³/mol. The predicted octanol–water partition coefficient (Wildman–Crippen LogP) is 1.27. The number of rotatable bonds is 5. The molecule has 0 aliphatic rings. The van der Waals surface area contributed by atoms with Crippen LogP contribution in [0.25, 0.3) is 0 Å². The van der Waals surface area contributed by atoms with E-state index < -0.39 is 24.1 Å². The van der Waals surface area contributed by atoms with Gasteiger partial charge in [0.2, 0.25) is 0 Å². The molecule has 0 saturated carbocycles. The van der Waals surface area contributed by atoms with Crippen LogP contribution in [0.2, 0.25) is 5.02 Å². The van der Waals surface area contributed by atoms with Crippen molar-refractivity contribution in [3.05, 3.63) is 70.7 Å². The SMILES string of the molecule is N[C@@H](c1ccccc1)c1ccc(Cl)cc1.O=C(O)[C@@H](O)[C@H](O)C(=O)O. The van der Waals surface area contributed by atoms with Crippen LogP contribution in [-0.4, -0.2) is 44.6 Å². The van der Waals surface area contributed by atoms with Crippen LogP contribution >= 0.6 is 11.6 Å². The summed E-state index contributed by atoms with van der Waals surface area (Å²) in [6.07, 6.45) is -4.53. The molecule has 2 aromatic carbocycles. The van der Waals surface area contributed by atoms with Crippen molar-refractivity contribution < 1.29 is 30.0 Å². The van der Waals surface area contributed by atoms with E-state index >= 15 is 0 Å². The number of carboxylic acid groups (broad SMARTS) is 2. The summed E-state index contributed by atoms with van der Waals surface area (Å²) < 4.78 is 0. The Labute approximate surface area is 148 Å². The van der Waals surface area contributed by atoms with Crippen LogP contribution in [0.15, 0.2) is 54.6 Å². The molecule has 0 radical (unpaired) electrons. The summed E-state index contributed by atoms with van der Waals surface area (Å²) in [6, 6.07) is 17.6. The molecule has 0 aromatic heterocycles. The van der Waals surface area contributed by atoms with Crippen LogP contribution in [0.3, 0.4) is 0 Å². The number of halogens is 1. The van der Waals surface area contributed by atoms with Gasteiger partial charge in [0.1, 0.15) is 0 Å². The largest absolute Gasteiger partial charge is 0.479 e. The van der Waals surface area contributed by atoms with Crippen molar-refractivity contribution in [2.24, 2.45) is 5.73 Å². The quantitative estimate of drug-likeness (QED) is 0.535. The summed E-state index contributed by atoms with van der Waals surface area (Å²) in [5, 5.41) is 33.3. The molecule has 2 aromatic rings. The molecule has 0 amide bonds. The lowest BCUT2D eigenvalue weighted by molar-refractivity contribution is -0.165. The van der Waals surface area contributed by atoms with E-state index in [1.807, 2.05) is 54.6 Å². The van der Waals surface area contributed by atoms with Crippen molar-refractivity contribution in [1.82, 2.24) is 0 Å². The van der Waals surface area contributed by atoms with Crippen LogP contribution < -0.4 is 5.73 Å². The molecule has 7 nitrogen and oxygen atoms in total. The molecular weight excluding hydrogens is 350 g/mol. The van der Waals surface area contributed by atoms with Gasteiger partial charge in [-0.3, -0.25) is 0 Å². The molecule has 0 bridgehead atoms. The Bertz CT molecular complexity index is 674. The molecule has 0 fully saturated rings. The Balaban J connectivity index is 0.000000275. The van der Waals surface area contributed by atoms with Gasteiger partial charge in [-0.2, -0.15) is 0 Å². The number of carbonyl (C=O) groups is 2. The second kappa shape index (κ2) is 9.75. The number of hydrogen-bond donors (Lipinski definition) is 5. The van der Waals surface area contributed by atoms with Crippen molar-refractivity contribution >= 4 is 23.5 Å². The number of aliphatic hydroxyl groups excluding tert-OH is 2. The molecule has 25 heavy (non-hydrogen) atoms. The highest BCUT2D eigenvalue weighted by molar-refractivity contribution is 6.30. The summed E-state index contributed by atoms with van der Waals surface area (Å²) in [4.78, 5) is 19.5. The van der Waals surface area contributed by atoms with E-state index in [4.69, 9.17) is 37.8 Å². The van der Waals surface area contributed by atoms with E-state index in [9.17, 15) is 9.59 Å². The molecule has 0 saturated heterocycles. The summed E-state index contributed by atoms with van der Waals surface area (Å²) >= 11 is 5.82. The molecule has 0 spiro atoms. The van der Waals surface area contributed by atoms with Crippen LogP contribution in [0.4, 0.5) is 0 Å². The minimum atomic E-state index is -2.27. The van der Waals surface area contributed by atoms with Crippen LogP contribution in [0, 0.1) is 0 Å². The van der Waals surface area contributed by atoms with Crippen molar-refractivity contribution in [3.8, 4) is 0 Å². The standard InChI is InChI=1S/C13H12ClN.C4H6O6/c14-12-8-6-11(7-9-12)13(15)10-4-2-1-3-5-10;5-1(3(7)8)2(6)4(9)10/h1-9,13H,15H2;1-2,5-6H,(H,7,8)(H,9,10)/t13-;1-,2-/m00/s1. The molecule has 134 valence electrons. The first-order chi connectivity index (χ1) is 11.7. The summed E-state index contributed by atoms with van der Waals surface area (Å²) in [7, 11) is 0.